The third-order valence-electron chi connectivity index (χ3n) is 5.62. The minimum Gasteiger partial charge on any atom is -0.477 e. The van der Waals surface area contributed by atoms with Gasteiger partial charge in [-0.3, -0.25) is 0 Å². The van der Waals surface area contributed by atoms with Crippen LogP contribution in [0.3, 0.4) is 0 Å². The molecule has 2 aromatic rings. The van der Waals surface area contributed by atoms with Crippen molar-refractivity contribution in [2.75, 3.05) is 19.7 Å². The first-order valence-corrected chi connectivity index (χ1v) is 9.89. The second-order valence-corrected chi connectivity index (χ2v) is 8.74. The van der Waals surface area contributed by atoms with Gasteiger partial charge >= 0.3 is 0 Å². The van der Waals surface area contributed by atoms with Gasteiger partial charge in [-0.25, -0.2) is 4.98 Å². The van der Waals surface area contributed by atoms with Gasteiger partial charge in [0.05, 0.1) is 6.61 Å². The molecule has 0 amide bonds. The number of aliphatic hydroxyl groups is 1. The van der Waals surface area contributed by atoms with E-state index in [1.807, 2.05) is 12.1 Å². The third kappa shape index (κ3) is 3.74. The van der Waals surface area contributed by atoms with Gasteiger partial charge in [-0.15, -0.1) is 0 Å². The zero-order chi connectivity index (χ0) is 19.7. The van der Waals surface area contributed by atoms with Crippen LogP contribution in [0.4, 0.5) is 0 Å². The molecule has 1 saturated heterocycles. The quantitative estimate of drug-likeness (QED) is 0.773. The Hall–Kier alpha value is -1.91. The lowest BCUT2D eigenvalue weighted by atomic mass is 9.63. The first kappa shape index (κ1) is 19.8. The second-order valence-electron chi connectivity index (χ2n) is 8.74. The van der Waals surface area contributed by atoms with Crippen LogP contribution in [-0.4, -0.2) is 29.8 Å². The molecule has 2 N–H and O–H groups in total. The first-order chi connectivity index (χ1) is 12.8. The third-order valence-corrected chi connectivity index (χ3v) is 5.62. The minimum atomic E-state index is -1.10. The van der Waals surface area contributed by atoms with Crippen LogP contribution >= 0.6 is 0 Å². The van der Waals surface area contributed by atoms with Crippen LogP contribution in [0.25, 0.3) is 0 Å². The summed E-state index contributed by atoms with van der Waals surface area (Å²) in [7, 11) is 0. The maximum Gasteiger partial charge on any atom is 0.213 e. The van der Waals surface area contributed by atoms with Gasteiger partial charge in [-0.1, -0.05) is 58.9 Å². The number of nitrogens with one attached hydrogen (secondary N) is 1. The van der Waals surface area contributed by atoms with Gasteiger partial charge in [0.15, 0.2) is 0 Å². The summed E-state index contributed by atoms with van der Waals surface area (Å²) in [6.07, 6.45) is 1.73. The molecule has 0 spiro atoms. The number of hydrogen-bond acceptors (Lipinski definition) is 4. The maximum absolute atomic E-state index is 12.0. The summed E-state index contributed by atoms with van der Waals surface area (Å²) in [6, 6.07) is 12.2. The number of benzene rings is 1. The molecule has 0 saturated carbocycles. The Morgan fingerprint density at radius 3 is 2.30 bits per heavy atom. The molecule has 1 aromatic carbocycles. The van der Waals surface area contributed by atoms with E-state index >= 15 is 0 Å². The smallest absolute Gasteiger partial charge is 0.213 e. The summed E-state index contributed by atoms with van der Waals surface area (Å²) in [5.74, 6) is 1.45. The van der Waals surface area contributed by atoms with Crippen LogP contribution in [0, 0.1) is 11.3 Å². The van der Waals surface area contributed by atoms with E-state index in [0.717, 1.165) is 24.2 Å². The fourth-order valence-corrected chi connectivity index (χ4v) is 3.69. The molecule has 146 valence electrons. The largest absolute Gasteiger partial charge is 0.477 e. The van der Waals surface area contributed by atoms with E-state index in [-0.39, 0.29) is 5.41 Å². The molecule has 1 unspecified atom stereocenters. The van der Waals surface area contributed by atoms with Crippen LogP contribution in [0.1, 0.15) is 57.2 Å². The molecule has 1 fully saturated rings. The monoisotopic (exact) mass is 368 g/mol. The van der Waals surface area contributed by atoms with Crippen molar-refractivity contribution in [3.8, 4) is 5.88 Å². The topological polar surface area (TPSA) is 54.4 Å². The lowest BCUT2D eigenvalue weighted by Crippen LogP contribution is -2.63. The van der Waals surface area contributed by atoms with Crippen molar-refractivity contribution < 1.29 is 9.84 Å². The SMILES string of the molecule is CC(C)COc1cc(C(O)(c2ccc(C(C)C)cc2)C2(C)CNC2)ccn1. The molecule has 1 aromatic heterocycles. The number of rotatable bonds is 7. The fourth-order valence-electron chi connectivity index (χ4n) is 3.69. The molecule has 3 rings (SSSR count). The number of pyridine rings is 1. The van der Waals surface area contributed by atoms with Crippen molar-refractivity contribution in [1.82, 2.24) is 10.3 Å². The van der Waals surface area contributed by atoms with Gasteiger partial charge < -0.3 is 15.2 Å². The highest BCUT2D eigenvalue weighted by molar-refractivity contribution is 5.42. The van der Waals surface area contributed by atoms with E-state index in [2.05, 4.69) is 69.2 Å². The average Bonchev–Trinajstić information content (AvgIpc) is 2.64. The van der Waals surface area contributed by atoms with Gasteiger partial charge in [-0.05, 0) is 34.6 Å². The van der Waals surface area contributed by atoms with Crippen molar-refractivity contribution in [3.63, 3.8) is 0 Å². The molecule has 0 bridgehead atoms. The van der Waals surface area contributed by atoms with Crippen molar-refractivity contribution in [3.05, 3.63) is 59.3 Å². The summed E-state index contributed by atoms with van der Waals surface area (Å²) >= 11 is 0. The zero-order valence-corrected chi connectivity index (χ0v) is 17.1. The van der Waals surface area contributed by atoms with E-state index in [1.165, 1.54) is 5.56 Å². The van der Waals surface area contributed by atoms with Crippen molar-refractivity contribution in [1.29, 1.82) is 0 Å². The molecule has 4 nitrogen and oxygen atoms in total. The van der Waals surface area contributed by atoms with Gasteiger partial charge in [0.1, 0.15) is 5.60 Å². The lowest BCUT2D eigenvalue weighted by Gasteiger charge is -2.52. The Morgan fingerprint density at radius 2 is 1.78 bits per heavy atom. The van der Waals surface area contributed by atoms with E-state index in [1.54, 1.807) is 6.20 Å². The molecule has 2 heterocycles. The Balaban J connectivity index is 2.02. The molecule has 1 atom stereocenters. The lowest BCUT2D eigenvalue weighted by molar-refractivity contribution is -0.0769. The highest BCUT2D eigenvalue weighted by Gasteiger charge is 2.53. The standard InChI is InChI=1S/C23H32N2O2/c1-16(2)13-27-21-12-20(10-11-25-21)23(26,22(5)14-24-15-22)19-8-6-18(7-9-19)17(3)4/h6-12,16-17,24,26H,13-15H2,1-5H3. The van der Waals surface area contributed by atoms with Crippen LogP contribution in [0.5, 0.6) is 5.88 Å². The average molecular weight is 369 g/mol. The van der Waals surface area contributed by atoms with Crippen molar-refractivity contribution >= 4 is 0 Å². The summed E-state index contributed by atoms with van der Waals surface area (Å²) in [6.45, 7) is 12.8. The highest BCUT2D eigenvalue weighted by atomic mass is 16.5. The summed E-state index contributed by atoms with van der Waals surface area (Å²) in [4.78, 5) is 4.33. The Kier molecular flexibility index (Phi) is 5.59. The predicted molar refractivity (Wildman–Crippen MR) is 109 cm³/mol. The van der Waals surface area contributed by atoms with E-state index < -0.39 is 5.60 Å². The predicted octanol–water partition coefficient (Wildman–Crippen LogP) is 4.09. The number of aromatic nitrogens is 1. The molecule has 0 aliphatic carbocycles. The zero-order valence-electron chi connectivity index (χ0n) is 17.1. The van der Waals surface area contributed by atoms with Gasteiger partial charge in [0.25, 0.3) is 0 Å². The summed E-state index contributed by atoms with van der Waals surface area (Å²) in [5.41, 5.74) is 1.62. The Labute approximate surface area is 163 Å². The van der Waals surface area contributed by atoms with Crippen LogP contribution < -0.4 is 10.1 Å². The van der Waals surface area contributed by atoms with E-state index in [9.17, 15) is 5.11 Å². The molecule has 27 heavy (non-hydrogen) atoms. The number of nitrogens with zero attached hydrogens (tertiary/aromatic N) is 1. The molecular formula is C23H32N2O2. The molecule has 0 radical (unpaired) electrons. The van der Waals surface area contributed by atoms with Gasteiger partial charge in [0.2, 0.25) is 5.88 Å². The maximum atomic E-state index is 12.0. The Morgan fingerprint density at radius 1 is 1.11 bits per heavy atom. The summed E-state index contributed by atoms with van der Waals surface area (Å²) in [5, 5.41) is 15.4. The van der Waals surface area contributed by atoms with Crippen LogP contribution in [0.15, 0.2) is 42.6 Å². The molecule has 4 heteroatoms. The first-order valence-electron chi connectivity index (χ1n) is 9.89. The molecular weight excluding hydrogens is 336 g/mol. The molecule has 1 aliphatic heterocycles. The van der Waals surface area contributed by atoms with E-state index in [0.29, 0.717) is 24.3 Å². The molecule has 1 aliphatic rings. The second kappa shape index (κ2) is 7.61. The normalized spacial score (nSPS) is 18.2. The number of hydrogen-bond donors (Lipinski definition) is 2. The van der Waals surface area contributed by atoms with Crippen LogP contribution in [0.2, 0.25) is 0 Å². The summed E-state index contributed by atoms with van der Waals surface area (Å²) < 4.78 is 5.82. The fraction of sp³-hybridized carbons (Fsp3) is 0.522. The van der Waals surface area contributed by atoms with Crippen LogP contribution in [-0.2, 0) is 5.60 Å². The van der Waals surface area contributed by atoms with Gasteiger partial charge in [0, 0.05) is 30.8 Å². The minimum absolute atomic E-state index is 0.289. The number of ether oxygens (including phenoxy) is 1. The highest BCUT2D eigenvalue weighted by Crippen LogP contribution is 2.48. The van der Waals surface area contributed by atoms with E-state index in [4.69, 9.17) is 4.74 Å². The Bertz CT molecular complexity index is 766. The van der Waals surface area contributed by atoms with Crippen molar-refractivity contribution in [2.24, 2.45) is 11.3 Å². The van der Waals surface area contributed by atoms with Gasteiger partial charge in [-0.2, -0.15) is 0 Å². The van der Waals surface area contributed by atoms with Crippen molar-refractivity contribution in [2.45, 2.75) is 46.1 Å².